The molecule has 0 aliphatic carbocycles. The fourth-order valence-electron chi connectivity index (χ4n) is 4.11. The Balaban J connectivity index is 1.58. The van der Waals surface area contributed by atoms with Crippen LogP contribution in [0.25, 0.3) is 0 Å². The number of piperazine rings is 1. The highest BCUT2D eigenvalue weighted by Crippen LogP contribution is 2.36. The van der Waals surface area contributed by atoms with Crippen LogP contribution in [0.2, 0.25) is 0 Å². The topological polar surface area (TPSA) is 50.6 Å². The zero-order valence-corrected chi connectivity index (χ0v) is 13.4. The van der Waals surface area contributed by atoms with Gasteiger partial charge in [0, 0.05) is 49.8 Å². The van der Waals surface area contributed by atoms with Gasteiger partial charge in [-0.05, 0) is 33.6 Å². The summed E-state index contributed by atoms with van der Waals surface area (Å²) in [5, 5.41) is 8.61. The zero-order chi connectivity index (χ0) is 15.2. The highest BCUT2D eigenvalue weighted by molar-refractivity contribution is 5.79. The Labute approximate surface area is 127 Å². The van der Waals surface area contributed by atoms with Crippen molar-refractivity contribution in [1.82, 2.24) is 14.7 Å². The van der Waals surface area contributed by atoms with Crippen molar-refractivity contribution in [2.24, 2.45) is 0 Å². The van der Waals surface area contributed by atoms with Crippen LogP contribution in [0.1, 0.15) is 40.0 Å². The van der Waals surface area contributed by atoms with E-state index in [0.29, 0.717) is 18.1 Å². The van der Waals surface area contributed by atoms with Gasteiger partial charge in [0.2, 0.25) is 5.91 Å². The van der Waals surface area contributed by atoms with Crippen molar-refractivity contribution in [1.29, 1.82) is 5.26 Å². The van der Waals surface area contributed by atoms with Crippen LogP contribution in [0.4, 0.5) is 0 Å². The Morgan fingerprint density at radius 3 is 2.14 bits per heavy atom. The molecule has 5 nitrogen and oxygen atoms in total. The summed E-state index contributed by atoms with van der Waals surface area (Å²) in [6.45, 7) is 10.9. The molecule has 3 aliphatic heterocycles. The molecule has 116 valence electrons. The molecule has 3 heterocycles. The van der Waals surface area contributed by atoms with Crippen LogP contribution in [0.5, 0.6) is 0 Å². The average Bonchev–Trinajstić information content (AvgIpc) is 2.58. The third-order valence-electron chi connectivity index (χ3n) is 5.35. The summed E-state index contributed by atoms with van der Waals surface area (Å²) in [5.74, 6) is -0.00516. The number of hydrogen-bond donors (Lipinski definition) is 0. The second-order valence-corrected chi connectivity index (χ2v) is 7.70. The Bertz CT molecular complexity index is 444. The van der Waals surface area contributed by atoms with Gasteiger partial charge in [-0.2, -0.15) is 5.26 Å². The van der Waals surface area contributed by atoms with E-state index >= 15 is 0 Å². The van der Waals surface area contributed by atoms with Crippen LogP contribution < -0.4 is 0 Å². The van der Waals surface area contributed by atoms with Gasteiger partial charge in [0.15, 0.2) is 0 Å². The maximum atomic E-state index is 11.7. The molecule has 3 saturated heterocycles. The van der Waals surface area contributed by atoms with Crippen LogP contribution in [0, 0.1) is 11.3 Å². The molecule has 0 saturated carbocycles. The lowest BCUT2D eigenvalue weighted by molar-refractivity contribution is -0.140. The summed E-state index contributed by atoms with van der Waals surface area (Å²) in [5.41, 5.74) is 0.251. The fraction of sp³-hybridized carbons (Fsp3) is 0.875. The lowest BCUT2D eigenvalue weighted by Crippen LogP contribution is -2.68. The second-order valence-electron chi connectivity index (χ2n) is 7.70. The van der Waals surface area contributed by atoms with E-state index in [-0.39, 0.29) is 17.9 Å². The van der Waals surface area contributed by atoms with Crippen LogP contribution in [0.15, 0.2) is 0 Å². The minimum Gasteiger partial charge on any atom is -0.339 e. The second kappa shape index (κ2) is 5.26. The number of fused-ring (bicyclic) bond motifs is 2. The van der Waals surface area contributed by atoms with E-state index in [1.165, 1.54) is 12.8 Å². The third kappa shape index (κ3) is 2.67. The van der Waals surface area contributed by atoms with Gasteiger partial charge in [-0.15, -0.1) is 0 Å². The molecule has 1 amide bonds. The van der Waals surface area contributed by atoms with E-state index < -0.39 is 0 Å². The van der Waals surface area contributed by atoms with Crippen molar-refractivity contribution in [2.45, 2.75) is 63.7 Å². The summed E-state index contributed by atoms with van der Waals surface area (Å²) in [4.78, 5) is 18.8. The van der Waals surface area contributed by atoms with Gasteiger partial charge in [-0.1, -0.05) is 0 Å². The van der Waals surface area contributed by atoms with Crippen LogP contribution >= 0.6 is 0 Å². The molecular formula is C16H26N4O. The Hall–Kier alpha value is -1.12. The highest BCUT2D eigenvalue weighted by atomic mass is 16.2. The molecule has 2 unspecified atom stereocenters. The molecule has 0 aromatic heterocycles. The first-order valence-corrected chi connectivity index (χ1v) is 8.07. The molecule has 21 heavy (non-hydrogen) atoms. The van der Waals surface area contributed by atoms with Crippen molar-refractivity contribution in [3.63, 3.8) is 0 Å². The molecule has 3 fully saturated rings. The number of nitriles is 1. The van der Waals surface area contributed by atoms with Crippen molar-refractivity contribution in [3.05, 3.63) is 0 Å². The maximum absolute atomic E-state index is 11.7. The van der Waals surface area contributed by atoms with Crippen LogP contribution in [-0.2, 0) is 4.79 Å². The zero-order valence-electron chi connectivity index (χ0n) is 13.4. The Morgan fingerprint density at radius 1 is 1.10 bits per heavy atom. The molecule has 0 spiro atoms. The molecule has 3 aliphatic rings. The highest BCUT2D eigenvalue weighted by Gasteiger charge is 2.48. The standard InChI is InChI=1S/C16H26N4O/c1-16(2,3)19-10-12-4-5-13(11-19)20(12)14-8-18(9-14)15(21)6-7-17/h12-14H,4-6,8-11H2,1-3H3. The van der Waals surface area contributed by atoms with Gasteiger partial charge >= 0.3 is 0 Å². The molecular weight excluding hydrogens is 264 g/mol. The van der Waals surface area contributed by atoms with E-state index in [4.69, 9.17) is 5.26 Å². The number of hydrogen-bond acceptors (Lipinski definition) is 4. The van der Waals surface area contributed by atoms with Crippen molar-refractivity contribution in [3.8, 4) is 6.07 Å². The van der Waals surface area contributed by atoms with E-state index in [9.17, 15) is 4.79 Å². The summed E-state index contributed by atoms with van der Waals surface area (Å²) in [6.07, 6.45) is 2.61. The fourth-order valence-corrected chi connectivity index (χ4v) is 4.11. The first-order chi connectivity index (χ1) is 9.90. The van der Waals surface area contributed by atoms with E-state index in [1.54, 1.807) is 0 Å². The first kappa shape index (κ1) is 14.8. The van der Waals surface area contributed by atoms with Gasteiger partial charge in [-0.3, -0.25) is 14.6 Å². The summed E-state index contributed by atoms with van der Waals surface area (Å²) < 4.78 is 0. The maximum Gasteiger partial charge on any atom is 0.236 e. The molecule has 2 atom stereocenters. The monoisotopic (exact) mass is 290 g/mol. The van der Waals surface area contributed by atoms with Gasteiger partial charge in [-0.25, -0.2) is 0 Å². The number of nitrogens with zero attached hydrogens (tertiary/aromatic N) is 4. The van der Waals surface area contributed by atoms with Gasteiger partial charge in [0.25, 0.3) is 0 Å². The summed E-state index contributed by atoms with van der Waals surface area (Å²) in [7, 11) is 0. The Morgan fingerprint density at radius 2 is 1.67 bits per heavy atom. The average molecular weight is 290 g/mol. The number of carbonyl (C=O) groups excluding carboxylic acids is 1. The lowest BCUT2D eigenvalue weighted by Gasteiger charge is -2.53. The molecule has 2 bridgehead atoms. The van der Waals surface area contributed by atoms with Gasteiger partial charge in [0.1, 0.15) is 6.42 Å². The molecule has 0 aromatic rings. The molecule has 0 N–H and O–H groups in total. The quantitative estimate of drug-likeness (QED) is 0.763. The number of carbonyl (C=O) groups is 1. The van der Waals surface area contributed by atoms with Gasteiger partial charge in [0.05, 0.1) is 6.07 Å². The molecule has 5 heteroatoms. The van der Waals surface area contributed by atoms with E-state index in [0.717, 1.165) is 26.2 Å². The third-order valence-corrected chi connectivity index (χ3v) is 5.35. The number of amides is 1. The minimum absolute atomic E-state index is 0.00516. The molecule has 3 rings (SSSR count). The van der Waals surface area contributed by atoms with Crippen LogP contribution in [-0.4, -0.2) is 70.5 Å². The normalized spacial score (nSPS) is 31.0. The van der Waals surface area contributed by atoms with Gasteiger partial charge < -0.3 is 4.90 Å². The van der Waals surface area contributed by atoms with Crippen molar-refractivity contribution < 1.29 is 4.79 Å². The number of likely N-dealkylation sites (tertiary alicyclic amines) is 2. The van der Waals surface area contributed by atoms with Crippen molar-refractivity contribution in [2.75, 3.05) is 26.2 Å². The smallest absolute Gasteiger partial charge is 0.236 e. The van der Waals surface area contributed by atoms with Crippen molar-refractivity contribution >= 4 is 5.91 Å². The molecule has 0 aromatic carbocycles. The summed E-state index contributed by atoms with van der Waals surface area (Å²) >= 11 is 0. The predicted octanol–water partition coefficient (Wildman–Crippen LogP) is 1.06. The van der Waals surface area contributed by atoms with E-state index in [1.807, 2.05) is 11.0 Å². The first-order valence-electron chi connectivity index (χ1n) is 8.07. The SMILES string of the molecule is CC(C)(C)N1CC2CCC(C1)N2C1CN(C(=O)CC#N)C1. The van der Waals surface area contributed by atoms with E-state index in [2.05, 4.69) is 30.6 Å². The van der Waals surface area contributed by atoms with Crippen LogP contribution in [0.3, 0.4) is 0 Å². The predicted molar refractivity (Wildman–Crippen MR) is 80.6 cm³/mol. The largest absolute Gasteiger partial charge is 0.339 e. The summed E-state index contributed by atoms with van der Waals surface area (Å²) in [6, 6.07) is 3.78. The number of rotatable bonds is 2. The Kier molecular flexibility index (Phi) is 3.71. The minimum atomic E-state index is -0.00516. The molecule has 0 radical (unpaired) electrons. The lowest BCUT2D eigenvalue weighted by atomic mass is 9.98.